The Balaban J connectivity index is 2.19. The third-order valence-corrected chi connectivity index (χ3v) is 4.94. The van der Waals surface area contributed by atoms with Gasteiger partial charge in [-0.15, -0.1) is 0 Å². The molecule has 0 aliphatic carbocycles. The van der Waals surface area contributed by atoms with Crippen molar-refractivity contribution in [2.45, 2.75) is 60.2 Å². The molecular weight excluding hydrogens is 364 g/mol. The van der Waals surface area contributed by atoms with Crippen molar-refractivity contribution in [3.63, 3.8) is 0 Å². The average Bonchev–Trinajstić information content (AvgIpc) is 2.66. The molecule has 2 amide bonds. The molecule has 2 aromatic rings. The maximum Gasteiger partial charge on any atom is 0.261 e. The summed E-state index contributed by atoms with van der Waals surface area (Å²) in [6, 6.07) is 13.1. The summed E-state index contributed by atoms with van der Waals surface area (Å²) in [5.74, 6) is 0.291. The van der Waals surface area contributed by atoms with Crippen molar-refractivity contribution in [1.29, 1.82) is 0 Å². The van der Waals surface area contributed by atoms with Crippen molar-refractivity contribution >= 4 is 11.8 Å². The molecular formula is C24H32N2O3. The fraction of sp³-hybridized carbons (Fsp3) is 0.417. The first-order valence-electron chi connectivity index (χ1n) is 10.0. The molecule has 1 atom stereocenters. The second-order valence-corrected chi connectivity index (χ2v) is 7.84. The van der Waals surface area contributed by atoms with Crippen LogP contribution in [0.25, 0.3) is 0 Å². The van der Waals surface area contributed by atoms with E-state index in [0.717, 1.165) is 22.3 Å². The van der Waals surface area contributed by atoms with Gasteiger partial charge >= 0.3 is 0 Å². The molecule has 0 saturated carbocycles. The predicted molar refractivity (Wildman–Crippen MR) is 116 cm³/mol. The van der Waals surface area contributed by atoms with Crippen LogP contribution in [-0.2, 0) is 16.1 Å². The molecule has 0 saturated heterocycles. The molecule has 0 aliphatic heterocycles. The molecule has 0 spiro atoms. The van der Waals surface area contributed by atoms with Crippen molar-refractivity contribution in [2.75, 3.05) is 6.61 Å². The van der Waals surface area contributed by atoms with Crippen LogP contribution in [0.4, 0.5) is 0 Å². The summed E-state index contributed by atoms with van der Waals surface area (Å²) in [6.45, 7) is 11.8. The molecule has 0 bridgehead atoms. The fourth-order valence-corrected chi connectivity index (χ4v) is 3.10. The highest BCUT2D eigenvalue weighted by Crippen LogP contribution is 2.21. The quantitative estimate of drug-likeness (QED) is 0.735. The van der Waals surface area contributed by atoms with E-state index in [1.165, 1.54) is 0 Å². The Hall–Kier alpha value is -2.82. The number of nitrogens with zero attached hydrogens (tertiary/aromatic N) is 1. The third kappa shape index (κ3) is 6.34. The fourth-order valence-electron chi connectivity index (χ4n) is 3.10. The Labute approximate surface area is 174 Å². The van der Waals surface area contributed by atoms with Gasteiger partial charge in [0.05, 0.1) is 0 Å². The molecule has 2 aromatic carbocycles. The van der Waals surface area contributed by atoms with E-state index in [9.17, 15) is 9.59 Å². The van der Waals surface area contributed by atoms with Gasteiger partial charge in [-0.25, -0.2) is 0 Å². The highest BCUT2D eigenvalue weighted by Gasteiger charge is 2.27. The Morgan fingerprint density at radius 3 is 2.38 bits per heavy atom. The summed E-state index contributed by atoms with van der Waals surface area (Å²) in [6.07, 6.45) is 0. The van der Waals surface area contributed by atoms with Gasteiger partial charge in [0, 0.05) is 12.6 Å². The minimum absolute atomic E-state index is 0.00654. The van der Waals surface area contributed by atoms with Gasteiger partial charge in [-0.2, -0.15) is 0 Å². The first kappa shape index (κ1) is 22.5. The lowest BCUT2D eigenvalue weighted by Gasteiger charge is -2.29. The molecule has 0 radical (unpaired) electrons. The summed E-state index contributed by atoms with van der Waals surface area (Å²) in [5.41, 5.74) is 4.21. The highest BCUT2D eigenvalue weighted by molar-refractivity contribution is 5.88. The van der Waals surface area contributed by atoms with Crippen molar-refractivity contribution in [1.82, 2.24) is 10.2 Å². The number of carbonyl (C=O) groups is 2. The van der Waals surface area contributed by atoms with Crippen LogP contribution >= 0.6 is 0 Å². The van der Waals surface area contributed by atoms with Crippen LogP contribution in [0.15, 0.2) is 42.5 Å². The first-order chi connectivity index (χ1) is 13.7. The monoisotopic (exact) mass is 396 g/mol. The maximum atomic E-state index is 13.1. The lowest BCUT2D eigenvalue weighted by molar-refractivity contribution is -0.142. The van der Waals surface area contributed by atoms with Crippen molar-refractivity contribution in [3.05, 3.63) is 64.7 Å². The minimum atomic E-state index is -0.604. The molecule has 156 valence electrons. The number of nitrogens with one attached hydrogen (secondary N) is 1. The van der Waals surface area contributed by atoms with Crippen LogP contribution in [0.3, 0.4) is 0 Å². The molecule has 0 fully saturated rings. The van der Waals surface area contributed by atoms with E-state index in [1.807, 2.05) is 77.1 Å². The zero-order valence-corrected chi connectivity index (χ0v) is 18.3. The predicted octanol–water partition coefficient (Wildman–Crippen LogP) is 3.93. The van der Waals surface area contributed by atoms with Gasteiger partial charge in [0.25, 0.3) is 5.91 Å². The smallest absolute Gasteiger partial charge is 0.261 e. The number of carbonyl (C=O) groups excluding carboxylic acids is 2. The zero-order chi connectivity index (χ0) is 21.6. The van der Waals surface area contributed by atoms with Gasteiger partial charge in [0.1, 0.15) is 11.8 Å². The molecule has 0 heterocycles. The standard InChI is InChI=1S/C24H32N2O3/c1-16(2)25-24(28)20(6)26(14-21-11-7-9-17(3)13-21)23(27)15-29-22-12-8-10-18(4)19(22)5/h7-13,16,20H,14-15H2,1-6H3,(H,25,28)/t20-/m0/s1. The number of hydrogen-bond donors (Lipinski definition) is 1. The third-order valence-electron chi connectivity index (χ3n) is 4.94. The zero-order valence-electron chi connectivity index (χ0n) is 18.3. The van der Waals surface area contributed by atoms with E-state index in [4.69, 9.17) is 4.74 Å². The number of amides is 2. The average molecular weight is 397 g/mol. The Bertz CT molecular complexity index is 861. The molecule has 1 N–H and O–H groups in total. The van der Waals surface area contributed by atoms with Crippen LogP contribution in [0.5, 0.6) is 5.75 Å². The number of ether oxygens (including phenoxy) is 1. The lowest BCUT2D eigenvalue weighted by atomic mass is 10.1. The summed E-state index contributed by atoms with van der Waals surface area (Å²) in [5, 5.41) is 2.89. The Kier molecular flexibility index (Phi) is 7.82. The largest absolute Gasteiger partial charge is 0.483 e. The molecule has 0 aromatic heterocycles. The molecule has 29 heavy (non-hydrogen) atoms. The second kappa shape index (κ2) is 10.1. The molecule has 2 rings (SSSR count). The van der Waals surface area contributed by atoms with Crippen LogP contribution < -0.4 is 10.1 Å². The van der Waals surface area contributed by atoms with Crippen LogP contribution in [0, 0.1) is 20.8 Å². The van der Waals surface area contributed by atoms with E-state index in [-0.39, 0.29) is 24.5 Å². The molecule has 5 heteroatoms. The van der Waals surface area contributed by atoms with Gasteiger partial charge in [0.2, 0.25) is 5.91 Å². The molecule has 0 unspecified atom stereocenters. The number of benzene rings is 2. The summed E-state index contributed by atoms with van der Waals surface area (Å²) in [7, 11) is 0. The molecule has 0 aliphatic rings. The normalized spacial score (nSPS) is 11.8. The number of hydrogen-bond acceptors (Lipinski definition) is 3. The van der Waals surface area contributed by atoms with E-state index in [1.54, 1.807) is 11.8 Å². The van der Waals surface area contributed by atoms with E-state index in [2.05, 4.69) is 5.32 Å². The van der Waals surface area contributed by atoms with Gasteiger partial charge in [0.15, 0.2) is 6.61 Å². The van der Waals surface area contributed by atoms with Crippen molar-refractivity contribution in [3.8, 4) is 5.75 Å². The summed E-state index contributed by atoms with van der Waals surface area (Å²) in [4.78, 5) is 27.2. The SMILES string of the molecule is Cc1cccc(CN(C(=O)COc2cccc(C)c2C)[C@@H](C)C(=O)NC(C)C)c1. The van der Waals surface area contributed by atoms with E-state index >= 15 is 0 Å². The van der Waals surface area contributed by atoms with Gasteiger partial charge in [-0.1, -0.05) is 42.0 Å². The van der Waals surface area contributed by atoms with Gasteiger partial charge in [-0.3, -0.25) is 9.59 Å². The van der Waals surface area contributed by atoms with Crippen LogP contribution in [-0.4, -0.2) is 35.4 Å². The second-order valence-electron chi connectivity index (χ2n) is 7.84. The van der Waals surface area contributed by atoms with E-state index < -0.39 is 6.04 Å². The molecule has 5 nitrogen and oxygen atoms in total. The van der Waals surface area contributed by atoms with Crippen molar-refractivity contribution in [2.24, 2.45) is 0 Å². The lowest BCUT2D eigenvalue weighted by Crippen LogP contribution is -2.50. The van der Waals surface area contributed by atoms with Crippen LogP contribution in [0.1, 0.15) is 43.0 Å². The Morgan fingerprint density at radius 2 is 1.72 bits per heavy atom. The van der Waals surface area contributed by atoms with E-state index in [0.29, 0.717) is 12.3 Å². The van der Waals surface area contributed by atoms with Crippen molar-refractivity contribution < 1.29 is 14.3 Å². The first-order valence-corrected chi connectivity index (χ1v) is 10.0. The van der Waals surface area contributed by atoms with Gasteiger partial charge in [-0.05, 0) is 64.3 Å². The summed E-state index contributed by atoms with van der Waals surface area (Å²) >= 11 is 0. The van der Waals surface area contributed by atoms with Gasteiger partial charge < -0.3 is 15.0 Å². The van der Waals surface area contributed by atoms with Crippen LogP contribution in [0.2, 0.25) is 0 Å². The number of rotatable bonds is 8. The topological polar surface area (TPSA) is 58.6 Å². The maximum absolute atomic E-state index is 13.1. The number of aryl methyl sites for hydroxylation is 2. The highest BCUT2D eigenvalue weighted by atomic mass is 16.5. The minimum Gasteiger partial charge on any atom is -0.483 e. The summed E-state index contributed by atoms with van der Waals surface area (Å²) < 4.78 is 5.81. The Morgan fingerprint density at radius 1 is 1.03 bits per heavy atom.